The maximum atomic E-state index is 10.8. The summed E-state index contributed by atoms with van der Waals surface area (Å²) in [6.45, 7) is 7.04. The molecule has 0 aliphatic carbocycles. The van der Waals surface area contributed by atoms with Crippen molar-refractivity contribution in [2.45, 2.75) is 84.1 Å². The molecule has 0 radical (unpaired) electrons. The van der Waals surface area contributed by atoms with Gasteiger partial charge in [0, 0.05) is 18.8 Å². The fourth-order valence-electron chi connectivity index (χ4n) is 2.66. The first-order chi connectivity index (χ1) is 11.8. The molecular formula is C19H33N3O2. The normalized spacial score (nSPS) is 10.7. The average Bonchev–Trinajstić information content (AvgIpc) is 3.03. The van der Waals surface area contributed by atoms with Crippen LogP contribution in [0, 0.1) is 0 Å². The molecule has 0 saturated heterocycles. The number of hydrogen-bond acceptors (Lipinski definition) is 4. The molecule has 24 heavy (non-hydrogen) atoms. The van der Waals surface area contributed by atoms with Gasteiger partial charge in [0.25, 0.3) is 0 Å². The smallest absolute Gasteiger partial charge is 0.330 e. The predicted molar refractivity (Wildman–Crippen MR) is 96.7 cm³/mol. The highest BCUT2D eigenvalue weighted by atomic mass is 16.5. The molecule has 5 heteroatoms. The Hall–Kier alpha value is -1.65. The van der Waals surface area contributed by atoms with E-state index >= 15 is 0 Å². The summed E-state index contributed by atoms with van der Waals surface area (Å²) >= 11 is 0. The minimum absolute atomic E-state index is 0.317. The number of hydrogen-bond donors (Lipinski definition) is 0. The monoisotopic (exact) mass is 335 g/mol. The maximum Gasteiger partial charge on any atom is 0.330 e. The van der Waals surface area contributed by atoms with Gasteiger partial charge < -0.3 is 4.74 Å². The highest BCUT2D eigenvalue weighted by Gasteiger charge is 1.99. The molecule has 1 aromatic heterocycles. The Kier molecular flexibility index (Phi) is 11.7. The van der Waals surface area contributed by atoms with Gasteiger partial charge in [0.05, 0.1) is 12.3 Å². The molecule has 0 unspecified atom stereocenters. The molecule has 0 aromatic carbocycles. The van der Waals surface area contributed by atoms with E-state index in [1.165, 1.54) is 51.0 Å². The van der Waals surface area contributed by atoms with Crippen LogP contribution in [0.2, 0.25) is 0 Å². The van der Waals surface area contributed by atoms with Crippen molar-refractivity contribution in [3.8, 4) is 0 Å². The molecular weight excluding hydrogens is 302 g/mol. The number of ether oxygens (including phenoxy) is 1. The topological polar surface area (TPSA) is 57.0 Å². The Balaban J connectivity index is 1.83. The number of aromatic nitrogens is 3. The summed E-state index contributed by atoms with van der Waals surface area (Å²) in [5.41, 5.74) is 1.11. The SMILES string of the molecule is C=CC(=O)OCCCCCCCCCCCn1cc(CCC)nn1. The molecule has 1 aromatic rings. The van der Waals surface area contributed by atoms with Gasteiger partial charge in [-0.15, -0.1) is 5.10 Å². The van der Waals surface area contributed by atoms with Crippen LogP contribution in [0.25, 0.3) is 0 Å². The number of esters is 1. The summed E-state index contributed by atoms with van der Waals surface area (Å²) in [5.74, 6) is -0.317. The van der Waals surface area contributed by atoms with E-state index < -0.39 is 0 Å². The molecule has 0 aliphatic rings. The molecule has 5 nitrogen and oxygen atoms in total. The van der Waals surface area contributed by atoms with Crippen LogP contribution in [0.4, 0.5) is 0 Å². The highest BCUT2D eigenvalue weighted by Crippen LogP contribution is 2.10. The van der Waals surface area contributed by atoms with Crippen molar-refractivity contribution >= 4 is 5.97 Å². The fraction of sp³-hybridized carbons (Fsp3) is 0.737. The van der Waals surface area contributed by atoms with Crippen LogP contribution in [0.15, 0.2) is 18.9 Å². The number of carbonyl (C=O) groups excluding carboxylic acids is 1. The molecule has 0 saturated carbocycles. The quantitative estimate of drug-likeness (QED) is 0.269. The van der Waals surface area contributed by atoms with Crippen molar-refractivity contribution in [3.05, 3.63) is 24.5 Å². The van der Waals surface area contributed by atoms with Gasteiger partial charge in [-0.3, -0.25) is 4.68 Å². The molecule has 136 valence electrons. The lowest BCUT2D eigenvalue weighted by Gasteiger charge is -2.03. The minimum Gasteiger partial charge on any atom is -0.463 e. The number of aryl methyl sites for hydroxylation is 2. The molecule has 0 aliphatic heterocycles. The van der Waals surface area contributed by atoms with Gasteiger partial charge in [0.1, 0.15) is 0 Å². The summed E-state index contributed by atoms with van der Waals surface area (Å²) in [7, 11) is 0. The third-order valence-electron chi connectivity index (χ3n) is 4.03. The standard InChI is InChI=1S/C19H33N3O2/c1-3-14-18-17-22(21-20-18)15-12-10-8-6-5-7-9-11-13-16-24-19(23)4-2/h4,17H,2-3,5-16H2,1H3. The lowest BCUT2D eigenvalue weighted by atomic mass is 10.1. The lowest BCUT2D eigenvalue weighted by molar-refractivity contribution is -0.137. The van der Waals surface area contributed by atoms with E-state index in [4.69, 9.17) is 4.74 Å². The van der Waals surface area contributed by atoms with E-state index in [1.807, 2.05) is 4.68 Å². The molecule has 1 heterocycles. The first-order valence-electron chi connectivity index (χ1n) is 9.44. The van der Waals surface area contributed by atoms with E-state index in [-0.39, 0.29) is 5.97 Å². The van der Waals surface area contributed by atoms with Gasteiger partial charge in [-0.1, -0.05) is 70.1 Å². The van der Waals surface area contributed by atoms with E-state index in [1.54, 1.807) is 0 Å². The first kappa shape index (κ1) is 20.4. The molecule has 0 amide bonds. The second-order valence-corrected chi connectivity index (χ2v) is 6.28. The Morgan fingerprint density at radius 3 is 2.38 bits per heavy atom. The van der Waals surface area contributed by atoms with Crippen LogP contribution >= 0.6 is 0 Å². The van der Waals surface area contributed by atoms with Gasteiger partial charge in [-0.2, -0.15) is 0 Å². The fourth-order valence-corrected chi connectivity index (χ4v) is 2.66. The van der Waals surface area contributed by atoms with Gasteiger partial charge in [0.2, 0.25) is 0 Å². The van der Waals surface area contributed by atoms with Crippen LogP contribution in [0.5, 0.6) is 0 Å². The molecule has 1 rings (SSSR count). The van der Waals surface area contributed by atoms with Crippen molar-refractivity contribution in [1.29, 1.82) is 0 Å². The van der Waals surface area contributed by atoms with Crippen molar-refractivity contribution in [3.63, 3.8) is 0 Å². The number of nitrogens with zero attached hydrogens (tertiary/aromatic N) is 3. The summed E-state index contributed by atoms with van der Waals surface area (Å²) < 4.78 is 6.92. The number of rotatable bonds is 15. The molecule has 0 fully saturated rings. The zero-order valence-electron chi connectivity index (χ0n) is 15.2. The molecule has 0 N–H and O–H groups in total. The van der Waals surface area contributed by atoms with Gasteiger partial charge in [-0.05, 0) is 19.3 Å². The molecule has 0 bridgehead atoms. The Labute approximate surface area is 146 Å². The third kappa shape index (κ3) is 10.2. The van der Waals surface area contributed by atoms with Crippen LogP contribution in [0.3, 0.4) is 0 Å². The van der Waals surface area contributed by atoms with Crippen LogP contribution in [0.1, 0.15) is 76.8 Å². The van der Waals surface area contributed by atoms with Crippen molar-refractivity contribution in [2.75, 3.05) is 6.61 Å². The molecule has 0 spiro atoms. The van der Waals surface area contributed by atoms with E-state index in [2.05, 4.69) is 30.0 Å². The third-order valence-corrected chi connectivity index (χ3v) is 4.03. The lowest BCUT2D eigenvalue weighted by Crippen LogP contribution is -2.01. The van der Waals surface area contributed by atoms with Gasteiger partial charge in [-0.25, -0.2) is 4.79 Å². The first-order valence-corrected chi connectivity index (χ1v) is 9.44. The second-order valence-electron chi connectivity index (χ2n) is 6.28. The minimum atomic E-state index is -0.317. The Morgan fingerprint density at radius 1 is 1.12 bits per heavy atom. The summed E-state index contributed by atoms with van der Waals surface area (Å²) in [6, 6.07) is 0. The van der Waals surface area contributed by atoms with Crippen molar-refractivity contribution < 1.29 is 9.53 Å². The van der Waals surface area contributed by atoms with Gasteiger partial charge >= 0.3 is 5.97 Å². The highest BCUT2D eigenvalue weighted by molar-refractivity contribution is 5.81. The predicted octanol–water partition coefficient (Wildman–Crippen LogP) is 4.47. The van der Waals surface area contributed by atoms with E-state index in [0.717, 1.165) is 37.9 Å². The van der Waals surface area contributed by atoms with Crippen molar-refractivity contribution in [2.24, 2.45) is 0 Å². The summed E-state index contributed by atoms with van der Waals surface area (Å²) in [5, 5.41) is 8.33. The van der Waals surface area contributed by atoms with Crippen LogP contribution in [-0.2, 0) is 22.5 Å². The largest absolute Gasteiger partial charge is 0.463 e. The zero-order chi connectivity index (χ0) is 17.5. The molecule has 0 atom stereocenters. The van der Waals surface area contributed by atoms with Crippen molar-refractivity contribution in [1.82, 2.24) is 15.0 Å². The van der Waals surface area contributed by atoms with Gasteiger partial charge in [0.15, 0.2) is 0 Å². The second kappa shape index (κ2) is 13.8. The summed E-state index contributed by atoms with van der Waals surface area (Å²) in [6.07, 6.45) is 16.4. The average molecular weight is 335 g/mol. The van der Waals surface area contributed by atoms with Crippen LogP contribution in [-0.4, -0.2) is 27.6 Å². The van der Waals surface area contributed by atoms with E-state index in [0.29, 0.717) is 6.61 Å². The Bertz CT molecular complexity index is 457. The van der Waals surface area contributed by atoms with Crippen LogP contribution < -0.4 is 0 Å². The van der Waals surface area contributed by atoms with E-state index in [9.17, 15) is 4.79 Å². The zero-order valence-corrected chi connectivity index (χ0v) is 15.2. The number of carbonyl (C=O) groups is 1. The maximum absolute atomic E-state index is 10.8. The summed E-state index contributed by atoms with van der Waals surface area (Å²) in [4.78, 5) is 10.8. The Morgan fingerprint density at radius 2 is 1.75 bits per heavy atom. The number of unbranched alkanes of at least 4 members (excludes halogenated alkanes) is 8.